The lowest BCUT2D eigenvalue weighted by Crippen LogP contribution is -2.23. The Morgan fingerprint density at radius 2 is 1.89 bits per heavy atom. The number of ether oxygens (including phenoxy) is 2. The monoisotopic (exact) mass is 398 g/mol. The van der Waals surface area contributed by atoms with Gasteiger partial charge < -0.3 is 9.47 Å². The first-order chi connectivity index (χ1) is 13.5. The fourth-order valence-electron chi connectivity index (χ4n) is 2.62. The molecule has 6 nitrogen and oxygen atoms in total. The number of nitrogens with one attached hydrogen (secondary N) is 1. The van der Waals surface area contributed by atoms with Gasteiger partial charge in [-0.05, 0) is 61.4 Å². The van der Waals surface area contributed by atoms with Crippen LogP contribution in [0.1, 0.15) is 18.1 Å². The maximum Gasteiger partial charge on any atom is 0.240 e. The molecule has 0 aliphatic carbocycles. The van der Waals surface area contributed by atoms with Gasteiger partial charge in [-0.15, -0.1) is 0 Å². The van der Waals surface area contributed by atoms with Crippen molar-refractivity contribution in [2.75, 3.05) is 6.61 Å². The van der Waals surface area contributed by atoms with Crippen molar-refractivity contribution in [2.45, 2.75) is 25.3 Å². The molecule has 0 spiro atoms. The maximum atomic E-state index is 12.6. The fraction of sp³-hybridized carbons (Fsp3) is 0.190. The lowest BCUT2D eigenvalue weighted by molar-refractivity contribution is 0.337. The molecule has 7 heteroatoms. The number of hydrogen-bond donors (Lipinski definition) is 1. The van der Waals surface area contributed by atoms with E-state index in [1.54, 1.807) is 48.7 Å². The summed E-state index contributed by atoms with van der Waals surface area (Å²) < 4.78 is 39.0. The van der Waals surface area contributed by atoms with Crippen molar-refractivity contribution in [3.8, 4) is 17.4 Å². The zero-order valence-corrected chi connectivity index (χ0v) is 16.6. The van der Waals surface area contributed by atoms with E-state index in [9.17, 15) is 8.42 Å². The van der Waals surface area contributed by atoms with Crippen LogP contribution >= 0.6 is 0 Å². The van der Waals surface area contributed by atoms with Crippen LogP contribution in [0.4, 0.5) is 0 Å². The predicted molar refractivity (Wildman–Crippen MR) is 107 cm³/mol. The summed E-state index contributed by atoms with van der Waals surface area (Å²) in [5, 5.41) is 0. The molecule has 0 aliphatic rings. The van der Waals surface area contributed by atoms with Crippen LogP contribution < -0.4 is 14.2 Å². The molecule has 2 aromatic carbocycles. The van der Waals surface area contributed by atoms with Gasteiger partial charge in [0.15, 0.2) is 0 Å². The molecule has 3 rings (SSSR count). The molecule has 0 saturated heterocycles. The predicted octanol–water partition coefficient (Wildman–Crippen LogP) is 4.06. The minimum absolute atomic E-state index is 0.147. The van der Waals surface area contributed by atoms with E-state index >= 15 is 0 Å². The molecule has 0 fully saturated rings. The molecular formula is C21H22N2O4S. The van der Waals surface area contributed by atoms with Crippen LogP contribution in [0.5, 0.6) is 17.4 Å². The van der Waals surface area contributed by atoms with E-state index in [0.29, 0.717) is 24.0 Å². The van der Waals surface area contributed by atoms with Gasteiger partial charge >= 0.3 is 0 Å². The first kappa shape index (κ1) is 19.9. The lowest BCUT2D eigenvalue weighted by Gasteiger charge is -2.11. The van der Waals surface area contributed by atoms with Crippen LogP contribution in [0.2, 0.25) is 0 Å². The Balaban J connectivity index is 1.69. The van der Waals surface area contributed by atoms with Gasteiger partial charge in [0.2, 0.25) is 15.9 Å². The molecule has 0 unspecified atom stereocenters. The average molecular weight is 398 g/mol. The highest BCUT2D eigenvalue weighted by Gasteiger charge is 2.15. The van der Waals surface area contributed by atoms with Crippen LogP contribution in [0.3, 0.4) is 0 Å². The van der Waals surface area contributed by atoms with Crippen LogP contribution in [0.15, 0.2) is 71.8 Å². The Morgan fingerprint density at radius 1 is 1.04 bits per heavy atom. The van der Waals surface area contributed by atoms with Gasteiger partial charge in [0.25, 0.3) is 0 Å². The highest BCUT2D eigenvalue weighted by atomic mass is 32.2. The molecule has 1 aromatic heterocycles. The standard InChI is InChI=1S/C21H22N2O4S/c1-3-26-20-11-10-19(13-16(20)2)28(24,25)23-15-17-7-6-8-18(14-17)27-21-9-4-5-12-22-21/h4-14,23H,3,15H2,1-2H3. The van der Waals surface area contributed by atoms with Gasteiger partial charge in [0.1, 0.15) is 11.5 Å². The molecular weight excluding hydrogens is 376 g/mol. The van der Waals surface area contributed by atoms with Gasteiger partial charge in [0.05, 0.1) is 11.5 Å². The minimum Gasteiger partial charge on any atom is -0.494 e. The van der Waals surface area contributed by atoms with Crippen molar-refractivity contribution in [1.82, 2.24) is 9.71 Å². The number of nitrogens with zero attached hydrogens (tertiary/aromatic N) is 1. The first-order valence-corrected chi connectivity index (χ1v) is 10.4. The quantitative estimate of drug-likeness (QED) is 0.619. The van der Waals surface area contributed by atoms with Gasteiger partial charge in [0, 0.05) is 18.8 Å². The third-order valence-corrected chi connectivity index (χ3v) is 5.38. The van der Waals surface area contributed by atoms with Crippen molar-refractivity contribution in [1.29, 1.82) is 0 Å². The molecule has 0 atom stereocenters. The second kappa shape index (κ2) is 8.86. The van der Waals surface area contributed by atoms with Crippen molar-refractivity contribution in [3.63, 3.8) is 0 Å². The Hall–Kier alpha value is -2.90. The molecule has 28 heavy (non-hydrogen) atoms. The summed E-state index contributed by atoms with van der Waals surface area (Å²) in [5.74, 6) is 1.75. The van der Waals surface area contributed by atoms with E-state index in [1.165, 1.54) is 0 Å². The van der Waals surface area contributed by atoms with Gasteiger partial charge in [-0.2, -0.15) is 0 Å². The molecule has 1 N–H and O–H groups in total. The Bertz CT molecular complexity index is 1040. The number of aryl methyl sites for hydroxylation is 1. The topological polar surface area (TPSA) is 77.5 Å². The SMILES string of the molecule is CCOc1ccc(S(=O)(=O)NCc2cccc(Oc3ccccn3)c2)cc1C. The summed E-state index contributed by atoms with van der Waals surface area (Å²) >= 11 is 0. The summed E-state index contributed by atoms with van der Waals surface area (Å²) in [6.07, 6.45) is 1.64. The highest BCUT2D eigenvalue weighted by Crippen LogP contribution is 2.23. The summed E-state index contributed by atoms with van der Waals surface area (Å²) in [4.78, 5) is 4.32. The Kier molecular flexibility index (Phi) is 6.28. The third kappa shape index (κ3) is 5.09. The van der Waals surface area contributed by atoms with E-state index in [-0.39, 0.29) is 11.4 Å². The van der Waals surface area contributed by atoms with E-state index in [1.807, 2.05) is 32.0 Å². The lowest BCUT2D eigenvalue weighted by atomic mass is 10.2. The molecule has 0 amide bonds. The number of benzene rings is 2. The average Bonchev–Trinajstić information content (AvgIpc) is 2.69. The third-order valence-electron chi connectivity index (χ3n) is 3.98. The maximum absolute atomic E-state index is 12.6. The van der Waals surface area contributed by atoms with Crippen molar-refractivity contribution < 1.29 is 17.9 Å². The second-order valence-electron chi connectivity index (χ2n) is 6.10. The zero-order chi connectivity index (χ0) is 20.0. The van der Waals surface area contributed by atoms with Gasteiger partial charge in [-0.1, -0.05) is 18.2 Å². The first-order valence-electron chi connectivity index (χ1n) is 8.89. The fourth-order valence-corrected chi connectivity index (χ4v) is 3.72. The number of sulfonamides is 1. The number of rotatable bonds is 8. The Morgan fingerprint density at radius 3 is 2.61 bits per heavy atom. The van der Waals surface area contributed by atoms with Gasteiger partial charge in [-0.25, -0.2) is 18.1 Å². The van der Waals surface area contributed by atoms with Crippen molar-refractivity contribution in [3.05, 3.63) is 78.0 Å². The van der Waals surface area contributed by atoms with E-state index < -0.39 is 10.0 Å². The summed E-state index contributed by atoms with van der Waals surface area (Å²) in [5.41, 5.74) is 1.55. The minimum atomic E-state index is -3.64. The number of aromatic nitrogens is 1. The zero-order valence-electron chi connectivity index (χ0n) is 15.8. The molecule has 0 aliphatic heterocycles. The van der Waals surface area contributed by atoms with E-state index in [0.717, 1.165) is 11.1 Å². The smallest absolute Gasteiger partial charge is 0.240 e. The number of pyridine rings is 1. The molecule has 146 valence electrons. The van der Waals surface area contributed by atoms with Crippen LogP contribution in [0.25, 0.3) is 0 Å². The van der Waals surface area contributed by atoms with E-state index in [4.69, 9.17) is 9.47 Å². The molecule has 1 heterocycles. The molecule has 0 radical (unpaired) electrons. The highest BCUT2D eigenvalue weighted by molar-refractivity contribution is 7.89. The molecule has 0 saturated carbocycles. The van der Waals surface area contributed by atoms with Crippen LogP contribution in [0, 0.1) is 6.92 Å². The second-order valence-corrected chi connectivity index (χ2v) is 7.87. The normalized spacial score (nSPS) is 11.2. The number of hydrogen-bond acceptors (Lipinski definition) is 5. The Labute approximate surface area is 165 Å². The van der Waals surface area contributed by atoms with Crippen molar-refractivity contribution >= 4 is 10.0 Å². The molecule has 0 bridgehead atoms. The largest absolute Gasteiger partial charge is 0.494 e. The molecule has 3 aromatic rings. The summed E-state index contributed by atoms with van der Waals surface area (Å²) in [6, 6.07) is 17.4. The van der Waals surface area contributed by atoms with E-state index in [2.05, 4.69) is 9.71 Å². The van der Waals surface area contributed by atoms with Crippen LogP contribution in [-0.2, 0) is 16.6 Å². The van der Waals surface area contributed by atoms with Crippen molar-refractivity contribution in [2.24, 2.45) is 0 Å². The summed E-state index contributed by atoms with van der Waals surface area (Å²) in [7, 11) is -3.64. The van der Waals surface area contributed by atoms with Crippen LogP contribution in [-0.4, -0.2) is 20.0 Å². The van der Waals surface area contributed by atoms with Gasteiger partial charge in [-0.3, -0.25) is 0 Å². The summed E-state index contributed by atoms with van der Waals surface area (Å²) in [6.45, 7) is 4.38.